The molecule has 1 atom stereocenters. The Labute approximate surface area is 116 Å². The molecule has 0 saturated heterocycles. The van der Waals surface area contributed by atoms with Gasteiger partial charge in [-0.2, -0.15) is 0 Å². The molecular weight excluding hydrogens is 329 g/mol. The summed E-state index contributed by atoms with van der Waals surface area (Å²) in [5.41, 5.74) is 1.06. The minimum Gasteiger partial charge on any atom is -0.396 e. The minimum atomic E-state index is 0.0407. The molecule has 1 aromatic rings. The lowest BCUT2D eigenvalue weighted by molar-refractivity contribution is -0.120. The van der Waals surface area contributed by atoms with Gasteiger partial charge in [-0.15, -0.1) is 0 Å². The van der Waals surface area contributed by atoms with E-state index >= 15 is 0 Å². The van der Waals surface area contributed by atoms with Crippen LogP contribution >= 0.6 is 22.6 Å². The van der Waals surface area contributed by atoms with Crippen molar-refractivity contribution in [3.05, 3.63) is 33.4 Å². The molecule has 1 aromatic carbocycles. The smallest absolute Gasteiger partial charge is 0.224 e. The molecular formula is C13H18INO2. The number of nitrogens with one attached hydrogen (secondary N) is 1. The van der Waals surface area contributed by atoms with Gasteiger partial charge in [0.25, 0.3) is 0 Å². The van der Waals surface area contributed by atoms with Crippen molar-refractivity contribution in [3.8, 4) is 0 Å². The van der Waals surface area contributed by atoms with E-state index in [1.165, 1.54) is 0 Å². The summed E-state index contributed by atoms with van der Waals surface area (Å²) >= 11 is 2.24. The van der Waals surface area contributed by atoms with E-state index in [9.17, 15) is 4.79 Å². The van der Waals surface area contributed by atoms with Crippen molar-refractivity contribution in [1.29, 1.82) is 0 Å². The predicted molar refractivity (Wildman–Crippen MR) is 76.7 cm³/mol. The molecule has 0 aliphatic heterocycles. The fraction of sp³-hybridized carbons (Fsp3) is 0.462. The first-order chi connectivity index (χ1) is 8.13. The molecule has 3 nitrogen and oxygen atoms in total. The number of halogens is 1. The SMILES string of the molecule is CC(CCO)CNC(=O)Cc1ccccc1I. The van der Waals surface area contributed by atoms with Crippen LogP contribution in [0.3, 0.4) is 0 Å². The highest BCUT2D eigenvalue weighted by molar-refractivity contribution is 14.1. The van der Waals surface area contributed by atoms with E-state index in [-0.39, 0.29) is 12.5 Å². The van der Waals surface area contributed by atoms with Crippen molar-refractivity contribution in [2.75, 3.05) is 13.2 Å². The maximum atomic E-state index is 11.7. The van der Waals surface area contributed by atoms with Crippen molar-refractivity contribution in [2.24, 2.45) is 5.92 Å². The average molecular weight is 347 g/mol. The zero-order chi connectivity index (χ0) is 12.7. The first-order valence-corrected chi connectivity index (χ1v) is 6.82. The van der Waals surface area contributed by atoms with Crippen LogP contribution in [0.5, 0.6) is 0 Å². The van der Waals surface area contributed by atoms with Gasteiger partial charge in [-0.3, -0.25) is 4.79 Å². The summed E-state index contributed by atoms with van der Waals surface area (Å²) in [6.07, 6.45) is 1.15. The Hall–Kier alpha value is -0.620. The van der Waals surface area contributed by atoms with Crippen LogP contribution in [0, 0.1) is 9.49 Å². The lowest BCUT2D eigenvalue weighted by atomic mass is 10.1. The van der Waals surface area contributed by atoms with Gasteiger partial charge in [0.15, 0.2) is 0 Å². The van der Waals surface area contributed by atoms with E-state index in [1.807, 2.05) is 31.2 Å². The number of aliphatic hydroxyl groups is 1. The molecule has 0 saturated carbocycles. The molecule has 1 rings (SSSR count). The van der Waals surface area contributed by atoms with E-state index in [0.29, 0.717) is 18.9 Å². The Morgan fingerprint density at radius 3 is 2.82 bits per heavy atom. The number of hydrogen-bond acceptors (Lipinski definition) is 2. The van der Waals surface area contributed by atoms with Crippen molar-refractivity contribution < 1.29 is 9.90 Å². The molecule has 17 heavy (non-hydrogen) atoms. The van der Waals surface area contributed by atoms with Gasteiger partial charge in [0.2, 0.25) is 5.91 Å². The molecule has 0 radical (unpaired) electrons. The van der Waals surface area contributed by atoms with Crippen LogP contribution in [0.1, 0.15) is 18.9 Å². The molecule has 0 spiro atoms. The van der Waals surface area contributed by atoms with Gasteiger partial charge < -0.3 is 10.4 Å². The molecule has 0 aliphatic rings. The average Bonchev–Trinajstić information content (AvgIpc) is 2.30. The molecule has 1 amide bonds. The van der Waals surface area contributed by atoms with Crippen LogP contribution in [0.25, 0.3) is 0 Å². The van der Waals surface area contributed by atoms with E-state index < -0.39 is 0 Å². The molecule has 0 heterocycles. The standard InChI is InChI=1S/C13H18INO2/c1-10(6-7-16)9-15-13(17)8-11-4-2-3-5-12(11)14/h2-5,10,16H,6-9H2,1H3,(H,15,17). The van der Waals surface area contributed by atoms with Crippen LogP contribution in [0.2, 0.25) is 0 Å². The van der Waals surface area contributed by atoms with Crippen molar-refractivity contribution in [2.45, 2.75) is 19.8 Å². The Bertz CT molecular complexity index is 368. The van der Waals surface area contributed by atoms with Crippen molar-refractivity contribution in [3.63, 3.8) is 0 Å². The van der Waals surface area contributed by atoms with Crippen LogP contribution in [-0.2, 0) is 11.2 Å². The maximum Gasteiger partial charge on any atom is 0.224 e. The number of benzene rings is 1. The first-order valence-electron chi connectivity index (χ1n) is 5.74. The number of hydrogen-bond donors (Lipinski definition) is 2. The zero-order valence-corrected chi connectivity index (χ0v) is 12.1. The zero-order valence-electron chi connectivity index (χ0n) is 9.95. The second-order valence-corrected chi connectivity index (χ2v) is 5.35. The second kappa shape index (κ2) is 7.66. The van der Waals surface area contributed by atoms with Crippen LogP contribution in [-0.4, -0.2) is 24.2 Å². The molecule has 4 heteroatoms. The third-order valence-electron chi connectivity index (χ3n) is 2.58. The molecule has 0 aliphatic carbocycles. The van der Waals surface area contributed by atoms with Gasteiger partial charge in [-0.25, -0.2) is 0 Å². The van der Waals surface area contributed by atoms with E-state index in [1.54, 1.807) is 0 Å². The summed E-state index contributed by atoms with van der Waals surface area (Å²) in [5, 5.41) is 11.6. The van der Waals surface area contributed by atoms with Gasteiger partial charge in [-0.05, 0) is 46.6 Å². The molecule has 0 bridgehead atoms. The highest BCUT2D eigenvalue weighted by Gasteiger charge is 2.07. The lowest BCUT2D eigenvalue weighted by Gasteiger charge is -2.11. The Morgan fingerprint density at radius 1 is 1.47 bits per heavy atom. The second-order valence-electron chi connectivity index (χ2n) is 4.19. The maximum absolute atomic E-state index is 11.7. The fourth-order valence-corrected chi connectivity index (χ4v) is 2.07. The Kier molecular flexibility index (Phi) is 6.50. The number of aliphatic hydroxyl groups excluding tert-OH is 1. The molecule has 94 valence electrons. The molecule has 1 unspecified atom stereocenters. The number of carbonyl (C=O) groups excluding carboxylic acids is 1. The summed E-state index contributed by atoms with van der Waals surface area (Å²) in [6.45, 7) is 2.82. The summed E-state index contributed by atoms with van der Waals surface area (Å²) in [6, 6.07) is 7.88. The van der Waals surface area contributed by atoms with Crippen LogP contribution in [0.15, 0.2) is 24.3 Å². The predicted octanol–water partition coefficient (Wildman–Crippen LogP) is 1.97. The summed E-state index contributed by atoms with van der Waals surface area (Å²) in [4.78, 5) is 11.7. The summed E-state index contributed by atoms with van der Waals surface area (Å²) < 4.78 is 1.11. The van der Waals surface area contributed by atoms with Gasteiger partial charge in [0.05, 0.1) is 6.42 Å². The number of rotatable bonds is 6. The van der Waals surface area contributed by atoms with Crippen molar-refractivity contribution in [1.82, 2.24) is 5.32 Å². The van der Waals surface area contributed by atoms with Gasteiger partial charge in [0.1, 0.15) is 0 Å². The topological polar surface area (TPSA) is 49.3 Å². The number of carbonyl (C=O) groups is 1. The first kappa shape index (κ1) is 14.4. The largest absolute Gasteiger partial charge is 0.396 e. The Balaban J connectivity index is 2.37. The summed E-state index contributed by atoms with van der Waals surface area (Å²) in [5.74, 6) is 0.359. The quantitative estimate of drug-likeness (QED) is 0.773. The van der Waals surface area contributed by atoms with Gasteiger partial charge >= 0.3 is 0 Å². The number of amides is 1. The third kappa shape index (κ3) is 5.50. The van der Waals surface area contributed by atoms with Gasteiger partial charge in [0, 0.05) is 16.7 Å². The fourth-order valence-electron chi connectivity index (χ4n) is 1.49. The van der Waals surface area contributed by atoms with Gasteiger partial charge in [-0.1, -0.05) is 25.1 Å². The molecule has 2 N–H and O–H groups in total. The highest BCUT2D eigenvalue weighted by atomic mass is 127. The highest BCUT2D eigenvalue weighted by Crippen LogP contribution is 2.11. The van der Waals surface area contributed by atoms with E-state index in [0.717, 1.165) is 15.6 Å². The Morgan fingerprint density at radius 2 is 2.18 bits per heavy atom. The van der Waals surface area contributed by atoms with Crippen LogP contribution < -0.4 is 5.32 Å². The summed E-state index contributed by atoms with van der Waals surface area (Å²) in [7, 11) is 0. The molecule has 0 aromatic heterocycles. The molecule has 0 fully saturated rings. The van der Waals surface area contributed by atoms with Crippen LogP contribution in [0.4, 0.5) is 0 Å². The normalized spacial score (nSPS) is 12.2. The third-order valence-corrected chi connectivity index (χ3v) is 3.63. The van der Waals surface area contributed by atoms with Crippen molar-refractivity contribution >= 4 is 28.5 Å². The van der Waals surface area contributed by atoms with E-state index in [2.05, 4.69) is 27.9 Å². The van der Waals surface area contributed by atoms with E-state index in [4.69, 9.17) is 5.11 Å². The monoisotopic (exact) mass is 347 g/mol. The minimum absolute atomic E-state index is 0.0407. The lowest BCUT2D eigenvalue weighted by Crippen LogP contribution is -2.30.